The van der Waals surface area contributed by atoms with Gasteiger partial charge in [-0.2, -0.15) is 0 Å². The second-order valence-electron chi connectivity index (χ2n) is 6.42. The molecule has 0 saturated heterocycles. The third-order valence-corrected chi connectivity index (χ3v) is 4.81. The molecule has 23 heavy (non-hydrogen) atoms. The van der Waals surface area contributed by atoms with Crippen molar-refractivity contribution in [1.82, 2.24) is 10.2 Å². The van der Waals surface area contributed by atoms with E-state index >= 15 is 0 Å². The van der Waals surface area contributed by atoms with Crippen LogP contribution in [0.2, 0.25) is 0 Å². The van der Waals surface area contributed by atoms with Crippen molar-refractivity contribution in [2.24, 2.45) is 0 Å². The predicted molar refractivity (Wildman–Crippen MR) is 90.6 cm³/mol. The molecule has 0 bridgehead atoms. The molecule has 1 aliphatic heterocycles. The van der Waals surface area contributed by atoms with E-state index in [2.05, 4.69) is 17.3 Å². The Kier molecular flexibility index (Phi) is 5.62. The number of hydrogen-bond donors (Lipinski definition) is 1. The Balaban J connectivity index is 1.50. The summed E-state index contributed by atoms with van der Waals surface area (Å²) >= 11 is 0. The molecule has 3 rings (SSSR count). The van der Waals surface area contributed by atoms with Crippen molar-refractivity contribution in [1.29, 1.82) is 0 Å². The lowest BCUT2D eigenvalue weighted by Crippen LogP contribution is -2.35. The molecule has 0 atom stereocenters. The number of hydrogen-bond acceptors (Lipinski definition) is 5. The maximum absolute atomic E-state index is 5.68. The number of nitrogens with zero attached hydrogens (tertiary/aromatic N) is 1. The topological polar surface area (TPSA) is 43.0 Å². The van der Waals surface area contributed by atoms with Gasteiger partial charge in [0.05, 0.1) is 7.11 Å². The molecule has 1 heterocycles. The summed E-state index contributed by atoms with van der Waals surface area (Å²) in [6, 6.07) is 4.86. The van der Waals surface area contributed by atoms with Crippen LogP contribution in [0.1, 0.15) is 31.2 Å². The van der Waals surface area contributed by atoms with Crippen LogP contribution in [0.25, 0.3) is 0 Å². The number of rotatable bonds is 7. The Morgan fingerprint density at radius 1 is 1.22 bits per heavy atom. The van der Waals surface area contributed by atoms with Crippen LogP contribution in [-0.2, 0) is 6.54 Å². The smallest absolute Gasteiger partial charge is 0.203 e. The van der Waals surface area contributed by atoms with Gasteiger partial charge in [-0.05, 0) is 37.6 Å². The van der Waals surface area contributed by atoms with Gasteiger partial charge in [-0.1, -0.05) is 12.8 Å². The van der Waals surface area contributed by atoms with E-state index in [1.807, 2.05) is 12.1 Å². The minimum absolute atomic E-state index is 0.578. The van der Waals surface area contributed by atoms with Gasteiger partial charge < -0.3 is 24.4 Å². The van der Waals surface area contributed by atoms with Crippen LogP contribution >= 0.6 is 0 Å². The maximum Gasteiger partial charge on any atom is 0.203 e. The molecule has 5 nitrogen and oxygen atoms in total. The van der Waals surface area contributed by atoms with Gasteiger partial charge in [0.1, 0.15) is 13.2 Å². The molecular formula is C18H28N2O3. The first-order chi connectivity index (χ1) is 11.3. The van der Waals surface area contributed by atoms with E-state index in [1.54, 1.807) is 7.11 Å². The number of likely N-dealkylation sites (N-methyl/N-ethyl adjacent to an activating group) is 1. The van der Waals surface area contributed by atoms with Gasteiger partial charge in [-0.25, -0.2) is 0 Å². The fourth-order valence-electron chi connectivity index (χ4n) is 3.45. The number of methoxy groups -OCH3 is 1. The van der Waals surface area contributed by atoms with E-state index in [-0.39, 0.29) is 0 Å². The lowest BCUT2D eigenvalue weighted by Gasteiger charge is -2.24. The molecule has 0 amide bonds. The van der Waals surface area contributed by atoms with Crippen molar-refractivity contribution in [2.75, 3.05) is 40.5 Å². The summed E-state index contributed by atoms with van der Waals surface area (Å²) in [5.74, 6) is 2.26. The van der Waals surface area contributed by atoms with E-state index in [0.29, 0.717) is 13.2 Å². The molecule has 128 valence electrons. The summed E-state index contributed by atoms with van der Waals surface area (Å²) in [5.41, 5.74) is 1.16. The molecule has 2 aliphatic rings. The third kappa shape index (κ3) is 4.09. The van der Waals surface area contributed by atoms with Crippen molar-refractivity contribution in [3.05, 3.63) is 17.7 Å². The normalized spacial score (nSPS) is 17.7. The van der Waals surface area contributed by atoms with E-state index in [9.17, 15) is 0 Å². The molecule has 5 heteroatoms. The molecule has 0 spiro atoms. The van der Waals surface area contributed by atoms with Crippen LogP contribution in [0, 0.1) is 0 Å². The van der Waals surface area contributed by atoms with Crippen molar-refractivity contribution < 1.29 is 14.2 Å². The summed E-state index contributed by atoms with van der Waals surface area (Å²) in [6.07, 6.45) is 5.49. The maximum atomic E-state index is 5.68. The lowest BCUT2D eigenvalue weighted by molar-refractivity contribution is 0.165. The van der Waals surface area contributed by atoms with Gasteiger partial charge in [-0.15, -0.1) is 0 Å². The number of benzene rings is 1. The molecule has 1 aromatic carbocycles. The van der Waals surface area contributed by atoms with E-state index < -0.39 is 0 Å². The van der Waals surface area contributed by atoms with Gasteiger partial charge in [0.25, 0.3) is 0 Å². The number of nitrogens with one attached hydrogen (secondary N) is 1. The monoisotopic (exact) mass is 320 g/mol. The SMILES string of the molecule is COc1cc(CNCCN(C)C2CCCC2)cc2c1OCCO2. The summed E-state index contributed by atoms with van der Waals surface area (Å²) in [5, 5.41) is 3.52. The van der Waals surface area contributed by atoms with Crippen molar-refractivity contribution >= 4 is 0 Å². The highest BCUT2D eigenvalue weighted by Gasteiger charge is 2.19. The van der Waals surface area contributed by atoms with Crippen LogP contribution < -0.4 is 19.5 Å². The number of fused-ring (bicyclic) bond motifs is 1. The molecule has 1 saturated carbocycles. The first kappa shape index (κ1) is 16.4. The Hall–Kier alpha value is -1.46. The van der Waals surface area contributed by atoms with Gasteiger partial charge in [-0.3, -0.25) is 0 Å². The zero-order valence-electron chi connectivity index (χ0n) is 14.3. The Morgan fingerprint density at radius 3 is 2.78 bits per heavy atom. The van der Waals surface area contributed by atoms with E-state index in [0.717, 1.165) is 48.5 Å². The standard InChI is InChI=1S/C18H28N2O3/c1-20(15-5-3-4-6-15)8-7-19-13-14-11-16(21-2)18-17(12-14)22-9-10-23-18/h11-12,15,19H,3-10,13H2,1-2H3. The summed E-state index contributed by atoms with van der Waals surface area (Å²) in [6.45, 7) is 4.06. The van der Waals surface area contributed by atoms with E-state index in [4.69, 9.17) is 14.2 Å². The minimum atomic E-state index is 0.578. The van der Waals surface area contributed by atoms with Gasteiger partial charge in [0, 0.05) is 25.7 Å². The van der Waals surface area contributed by atoms with E-state index in [1.165, 1.54) is 25.7 Å². The molecule has 0 radical (unpaired) electrons. The summed E-state index contributed by atoms with van der Waals surface area (Å²) in [4.78, 5) is 2.49. The zero-order chi connectivity index (χ0) is 16.1. The summed E-state index contributed by atoms with van der Waals surface area (Å²) in [7, 11) is 3.91. The molecule has 0 aromatic heterocycles. The third-order valence-electron chi connectivity index (χ3n) is 4.81. The van der Waals surface area contributed by atoms with Gasteiger partial charge >= 0.3 is 0 Å². The molecular weight excluding hydrogens is 292 g/mol. The molecule has 1 aliphatic carbocycles. The van der Waals surface area contributed by atoms with Gasteiger partial charge in [0.2, 0.25) is 5.75 Å². The highest BCUT2D eigenvalue weighted by molar-refractivity contribution is 5.54. The molecule has 0 unspecified atom stereocenters. The quantitative estimate of drug-likeness (QED) is 0.782. The zero-order valence-corrected chi connectivity index (χ0v) is 14.3. The van der Waals surface area contributed by atoms with Crippen LogP contribution in [-0.4, -0.2) is 51.4 Å². The average Bonchev–Trinajstić information content (AvgIpc) is 3.12. The lowest BCUT2D eigenvalue weighted by atomic mass is 10.1. The molecule has 1 N–H and O–H groups in total. The minimum Gasteiger partial charge on any atom is -0.493 e. The average molecular weight is 320 g/mol. The summed E-state index contributed by atoms with van der Waals surface area (Å²) < 4.78 is 16.7. The highest BCUT2D eigenvalue weighted by atomic mass is 16.6. The molecule has 1 aromatic rings. The Bertz CT molecular complexity index is 498. The predicted octanol–water partition coefficient (Wildman–Crippen LogP) is 2.43. The first-order valence-electron chi connectivity index (χ1n) is 8.65. The second kappa shape index (κ2) is 7.88. The highest BCUT2D eigenvalue weighted by Crippen LogP contribution is 2.40. The van der Waals surface area contributed by atoms with Crippen molar-refractivity contribution in [2.45, 2.75) is 38.3 Å². The van der Waals surface area contributed by atoms with Gasteiger partial charge in [0.15, 0.2) is 11.5 Å². The first-order valence-corrected chi connectivity index (χ1v) is 8.65. The fraction of sp³-hybridized carbons (Fsp3) is 0.667. The van der Waals surface area contributed by atoms with Crippen LogP contribution in [0.15, 0.2) is 12.1 Å². The fourth-order valence-corrected chi connectivity index (χ4v) is 3.45. The largest absolute Gasteiger partial charge is 0.493 e. The Morgan fingerprint density at radius 2 is 2.00 bits per heavy atom. The van der Waals surface area contributed by atoms with Crippen LogP contribution in [0.4, 0.5) is 0 Å². The molecule has 1 fully saturated rings. The van der Waals surface area contributed by atoms with Crippen LogP contribution in [0.3, 0.4) is 0 Å². The van der Waals surface area contributed by atoms with Crippen LogP contribution in [0.5, 0.6) is 17.2 Å². The number of ether oxygens (including phenoxy) is 3. The Labute approximate surface area is 138 Å². The second-order valence-corrected chi connectivity index (χ2v) is 6.42. The van der Waals surface area contributed by atoms with Crippen molar-refractivity contribution in [3.63, 3.8) is 0 Å². The van der Waals surface area contributed by atoms with Crippen molar-refractivity contribution in [3.8, 4) is 17.2 Å².